The van der Waals surface area contributed by atoms with Gasteiger partial charge >= 0.3 is 5.97 Å². The maximum absolute atomic E-state index is 13.5. The third-order valence-corrected chi connectivity index (χ3v) is 2.23. The molecule has 0 spiro atoms. The monoisotopic (exact) mass is 265 g/mol. The topological polar surface area (TPSA) is 52.3 Å². The summed E-state index contributed by atoms with van der Waals surface area (Å²) in [5.74, 6) is -5.31. The first-order valence-corrected chi connectivity index (χ1v) is 5.09. The van der Waals surface area contributed by atoms with Gasteiger partial charge in [-0.3, -0.25) is 0 Å². The Balaban J connectivity index is 3.00. The van der Waals surface area contributed by atoms with Crippen molar-refractivity contribution < 1.29 is 27.1 Å². The lowest BCUT2D eigenvalue weighted by Crippen LogP contribution is -2.32. The summed E-state index contributed by atoms with van der Waals surface area (Å²) in [6.07, 6.45) is -2.36. The van der Waals surface area contributed by atoms with Crippen molar-refractivity contribution in [2.24, 2.45) is 5.73 Å². The van der Waals surface area contributed by atoms with Crippen molar-refractivity contribution >= 4 is 5.97 Å². The molecule has 1 aromatic rings. The highest BCUT2D eigenvalue weighted by Crippen LogP contribution is 2.23. The molecule has 0 fully saturated rings. The van der Waals surface area contributed by atoms with E-state index in [-0.39, 0.29) is 12.7 Å². The number of nitrogens with two attached hydrogens (primary N) is 1. The molecule has 3 nitrogen and oxygen atoms in total. The van der Waals surface area contributed by atoms with Crippen LogP contribution >= 0.6 is 0 Å². The molecule has 0 aliphatic carbocycles. The van der Waals surface area contributed by atoms with Crippen molar-refractivity contribution in [1.29, 1.82) is 0 Å². The van der Waals surface area contributed by atoms with Gasteiger partial charge in [0.15, 0.2) is 11.6 Å². The van der Waals surface area contributed by atoms with Crippen LogP contribution in [0.2, 0.25) is 0 Å². The average Bonchev–Trinajstić information content (AvgIpc) is 2.32. The molecule has 18 heavy (non-hydrogen) atoms. The van der Waals surface area contributed by atoms with Gasteiger partial charge in [0.05, 0.1) is 12.6 Å². The summed E-state index contributed by atoms with van der Waals surface area (Å²) in [7, 11) is 0. The smallest absolute Gasteiger partial charge is 0.342 e. The van der Waals surface area contributed by atoms with Gasteiger partial charge in [-0.1, -0.05) is 0 Å². The number of ether oxygens (including phenoxy) is 1. The quantitative estimate of drug-likeness (QED) is 0.514. The Morgan fingerprint density at radius 1 is 1.28 bits per heavy atom. The van der Waals surface area contributed by atoms with Gasteiger partial charge in [0.1, 0.15) is 5.82 Å². The number of halogens is 4. The zero-order chi connectivity index (χ0) is 13.9. The summed E-state index contributed by atoms with van der Waals surface area (Å²) in [5, 5.41) is 0. The zero-order valence-corrected chi connectivity index (χ0v) is 9.42. The summed E-state index contributed by atoms with van der Waals surface area (Å²) < 4.78 is 56.7. The first kappa shape index (κ1) is 14.4. The van der Waals surface area contributed by atoms with Crippen LogP contribution in [0.25, 0.3) is 0 Å². The number of benzene rings is 1. The molecule has 2 atom stereocenters. The van der Waals surface area contributed by atoms with Crippen LogP contribution in [-0.4, -0.2) is 18.7 Å². The molecule has 0 aliphatic heterocycles. The molecule has 0 bridgehead atoms. The molecule has 0 radical (unpaired) electrons. The normalized spacial score (nSPS) is 14.1. The van der Waals surface area contributed by atoms with E-state index in [9.17, 15) is 22.4 Å². The van der Waals surface area contributed by atoms with E-state index in [1.165, 1.54) is 6.92 Å². The Morgan fingerprint density at radius 2 is 1.83 bits per heavy atom. The van der Waals surface area contributed by atoms with Crippen molar-refractivity contribution in [1.82, 2.24) is 0 Å². The Hall–Kier alpha value is -1.63. The van der Waals surface area contributed by atoms with Gasteiger partial charge in [-0.2, -0.15) is 0 Å². The minimum atomic E-state index is -2.36. The second kappa shape index (κ2) is 5.81. The molecule has 7 heteroatoms. The fraction of sp³-hybridized carbons (Fsp3) is 0.364. The molecule has 0 heterocycles. The number of rotatable bonds is 4. The minimum Gasteiger partial charge on any atom is -0.464 e. The maximum atomic E-state index is 13.5. The van der Waals surface area contributed by atoms with Crippen molar-refractivity contribution in [3.05, 3.63) is 35.1 Å². The third-order valence-electron chi connectivity index (χ3n) is 2.23. The van der Waals surface area contributed by atoms with E-state index in [0.29, 0.717) is 6.07 Å². The summed E-state index contributed by atoms with van der Waals surface area (Å²) in [5.41, 5.74) is 4.65. The van der Waals surface area contributed by atoms with Crippen molar-refractivity contribution in [3.8, 4) is 0 Å². The largest absolute Gasteiger partial charge is 0.464 e. The van der Waals surface area contributed by atoms with Gasteiger partial charge in [0.2, 0.25) is 6.17 Å². The molecule has 1 rings (SSSR count). The Labute approximate surface area is 101 Å². The average molecular weight is 265 g/mol. The molecule has 1 unspecified atom stereocenters. The van der Waals surface area contributed by atoms with E-state index in [1.54, 1.807) is 0 Å². The van der Waals surface area contributed by atoms with Crippen LogP contribution in [0.4, 0.5) is 17.6 Å². The van der Waals surface area contributed by atoms with Crippen molar-refractivity contribution in [2.45, 2.75) is 19.1 Å². The lowest BCUT2D eigenvalue weighted by molar-refractivity contribution is -0.149. The maximum Gasteiger partial charge on any atom is 0.342 e. The van der Waals surface area contributed by atoms with Crippen LogP contribution in [0.3, 0.4) is 0 Å². The van der Waals surface area contributed by atoms with Crippen LogP contribution < -0.4 is 5.73 Å². The van der Waals surface area contributed by atoms with Gasteiger partial charge in [0.25, 0.3) is 0 Å². The fourth-order valence-corrected chi connectivity index (χ4v) is 1.32. The van der Waals surface area contributed by atoms with Crippen LogP contribution in [0.15, 0.2) is 12.1 Å². The predicted octanol–water partition coefficient (Wildman–Crippen LogP) is 2.00. The minimum absolute atomic E-state index is 0.0771. The number of hydrogen-bond acceptors (Lipinski definition) is 3. The van der Waals surface area contributed by atoms with E-state index in [1.807, 2.05) is 0 Å². The van der Waals surface area contributed by atoms with Crippen LogP contribution in [0.1, 0.15) is 18.5 Å². The van der Waals surface area contributed by atoms with Gasteiger partial charge in [0, 0.05) is 11.6 Å². The summed E-state index contributed by atoms with van der Waals surface area (Å²) in [6.45, 7) is 1.38. The number of carbonyl (C=O) groups excluding carboxylic acids is 1. The SMILES string of the molecule is CCOC(=O)C(F)[C@H](N)c1cc(F)c(F)cc1F. The Kier molecular flexibility index (Phi) is 4.66. The molecule has 0 aromatic heterocycles. The molecule has 0 amide bonds. The van der Waals surface area contributed by atoms with Crippen LogP contribution in [0, 0.1) is 17.5 Å². The molecule has 2 N–H and O–H groups in total. The van der Waals surface area contributed by atoms with E-state index in [0.717, 1.165) is 0 Å². The van der Waals surface area contributed by atoms with E-state index >= 15 is 0 Å². The van der Waals surface area contributed by atoms with Crippen LogP contribution in [0.5, 0.6) is 0 Å². The second-order valence-electron chi connectivity index (χ2n) is 3.47. The molecule has 0 aliphatic rings. The standard InChI is InChI=1S/C11H11F4NO2/c1-2-18-11(17)9(15)10(16)5-3-7(13)8(14)4-6(5)12/h3-4,9-10H,2,16H2,1H3/t9?,10-/m1/s1. The first-order chi connectivity index (χ1) is 8.38. The van der Waals surface area contributed by atoms with Crippen molar-refractivity contribution in [2.75, 3.05) is 6.61 Å². The van der Waals surface area contributed by atoms with E-state index in [4.69, 9.17) is 5.73 Å². The summed E-state index contributed by atoms with van der Waals surface area (Å²) >= 11 is 0. The molecule has 0 saturated heterocycles. The Morgan fingerprint density at radius 3 is 2.39 bits per heavy atom. The van der Waals surface area contributed by atoms with Crippen molar-refractivity contribution in [3.63, 3.8) is 0 Å². The number of alkyl halides is 1. The molecule has 100 valence electrons. The zero-order valence-electron chi connectivity index (χ0n) is 9.42. The highest BCUT2D eigenvalue weighted by Gasteiger charge is 2.30. The first-order valence-electron chi connectivity index (χ1n) is 5.09. The second-order valence-corrected chi connectivity index (χ2v) is 3.47. The number of esters is 1. The van der Waals surface area contributed by atoms with Gasteiger partial charge < -0.3 is 10.5 Å². The third kappa shape index (κ3) is 2.98. The van der Waals surface area contributed by atoms with Gasteiger partial charge in [-0.05, 0) is 13.0 Å². The Bertz CT molecular complexity index is 453. The number of carbonyl (C=O) groups is 1. The lowest BCUT2D eigenvalue weighted by atomic mass is 10.0. The molecular formula is C11H11F4NO2. The van der Waals surface area contributed by atoms with E-state index in [2.05, 4.69) is 4.74 Å². The van der Waals surface area contributed by atoms with Crippen LogP contribution in [-0.2, 0) is 9.53 Å². The van der Waals surface area contributed by atoms with Gasteiger partial charge in [-0.15, -0.1) is 0 Å². The highest BCUT2D eigenvalue weighted by atomic mass is 19.2. The summed E-state index contributed by atoms with van der Waals surface area (Å²) in [4.78, 5) is 11.1. The summed E-state index contributed by atoms with van der Waals surface area (Å²) in [6, 6.07) is -1.11. The lowest BCUT2D eigenvalue weighted by Gasteiger charge is -2.16. The van der Waals surface area contributed by atoms with Gasteiger partial charge in [-0.25, -0.2) is 22.4 Å². The predicted molar refractivity (Wildman–Crippen MR) is 54.8 cm³/mol. The molecule has 1 aromatic carbocycles. The fourth-order valence-electron chi connectivity index (χ4n) is 1.32. The number of hydrogen-bond donors (Lipinski definition) is 1. The highest BCUT2D eigenvalue weighted by molar-refractivity contribution is 5.75. The van der Waals surface area contributed by atoms with E-state index < -0.39 is 41.2 Å². The molecule has 0 saturated carbocycles. The molecular weight excluding hydrogens is 254 g/mol.